The predicted molar refractivity (Wildman–Crippen MR) is 108 cm³/mol. The molecule has 0 radical (unpaired) electrons. The molecule has 0 aliphatic rings. The minimum atomic E-state index is -0.439. The van der Waals surface area contributed by atoms with Crippen molar-refractivity contribution in [3.05, 3.63) is 82.2 Å². The third-order valence-electron chi connectivity index (χ3n) is 4.57. The van der Waals surface area contributed by atoms with Crippen LogP contribution >= 0.6 is 0 Å². The van der Waals surface area contributed by atoms with Crippen LogP contribution in [0.15, 0.2) is 53.1 Å². The second-order valence-corrected chi connectivity index (χ2v) is 6.58. The fourth-order valence-electron chi connectivity index (χ4n) is 2.74. The van der Waals surface area contributed by atoms with Crippen molar-refractivity contribution < 1.29 is 18.8 Å². The highest BCUT2D eigenvalue weighted by Gasteiger charge is 2.12. The molecule has 1 aromatic heterocycles. The minimum absolute atomic E-state index is 0.288. The molecule has 2 amide bonds. The van der Waals surface area contributed by atoms with Gasteiger partial charge in [0.15, 0.2) is 0 Å². The molecule has 0 aliphatic heterocycles. The van der Waals surface area contributed by atoms with E-state index in [1.165, 1.54) is 0 Å². The number of nitrogens with one attached hydrogen (secondary N) is 2. The summed E-state index contributed by atoms with van der Waals surface area (Å²) in [6, 6.07) is 13.9. The molecule has 0 aliphatic carbocycles. The summed E-state index contributed by atoms with van der Waals surface area (Å²) in [6.45, 7) is 6.00. The van der Waals surface area contributed by atoms with Crippen molar-refractivity contribution in [2.24, 2.45) is 0 Å². The van der Waals surface area contributed by atoms with E-state index in [9.17, 15) is 9.59 Å². The summed E-state index contributed by atoms with van der Waals surface area (Å²) in [7, 11) is 0. The molecule has 3 rings (SSSR count). The number of nitrogens with zero attached hydrogens (tertiary/aromatic N) is 1. The Labute approximate surface area is 169 Å². The van der Waals surface area contributed by atoms with Crippen LogP contribution in [-0.2, 0) is 13.0 Å². The van der Waals surface area contributed by atoms with Gasteiger partial charge in [-0.1, -0.05) is 30.3 Å². The van der Waals surface area contributed by atoms with Crippen LogP contribution < -0.4 is 15.6 Å². The Hall–Kier alpha value is -3.61. The van der Waals surface area contributed by atoms with Crippen LogP contribution in [0.2, 0.25) is 0 Å². The number of ether oxygens (including phenoxy) is 1. The van der Waals surface area contributed by atoms with Gasteiger partial charge in [0, 0.05) is 11.1 Å². The lowest BCUT2D eigenvalue weighted by Gasteiger charge is -2.10. The molecule has 0 bridgehead atoms. The first-order valence-electron chi connectivity index (χ1n) is 9.32. The fraction of sp³-hybridized carbons (Fsp3) is 0.227. The van der Waals surface area contributed by atoms with Crippen molar-refractivity contribution in [3.63, 3.8) is 0 Å². The molecule has 3 aromatic rings. The number of hydrazine groups is 1. The van der Waals surface area contributed by atoms with E-state index in [2.05, 4.69) is 16.0 Å². The van der Waals surface area contributed by atoms with Gasteiger partial charge in [-0.25, -0.2) is 0 Å². The van der Waals surface area contributed by atoms with Crippen molar-refractivity contribution in [3.8, 4) is 5.75 Å². The molecule has 0 saturated carbocycles. The summed E-state index contributed by atoms with van der Waals surface area (Å²) < 4.78 is 10.9. The van der Waals surface area contributed by atoms with Crippen molar-refractivity contribution in [1.29, 1.82) is 0 Å². The van der Waals surface area contributed by atoms with Gasteiger partial charge >= 0.3 is 0 Å². The van der Waals surface area contributed by atoms with Crippen LogP contribution in [0.3, 0.4) is 0 Å². The molecule has 150 valence electrons. The Bertz CT molecular complexity index is 990. The first-order valence-corrected chi connectivity index (χ1v) is 9.32. The maximum absolute atomic E-state index is 12.4. The molecule has 7 nitrogen and oxygen atoms in total. The van der Waals surface area contributed by atoms with E-state index in [0.29, 0.717) is 22.6 Å². The lowest BCUT2D eigenvalue weighted by Crippen LogP contribution is -2.41. The van der Waals surface area contributed by atoms with E-state index in [1.54, 1.807) is 36.4 Å². The number of aromatic nitrogens is 1. The Balaban J connectivity index is 1.58. The smallest absolute Gasteiger partial charge is 0.269 e. The Morgan fingerprint density at radius 1 is 1.00 bits per heavy atom. The van der Waals surface area contributed by atoms with Gasteiger partial charge in [0.25, 0.3) is 11.8 Å². The average molecular weight is 393 g/mol. The molecular weight excluding hydrogens is 370 g/mol. The lowest BCUT2D eigenvalue weighted by molar-refractivity contribution is 0.0846. The molecule has 7 heteroatoms. The van der Waals surface area contributed by atoms with Crippen LogP contribution in [0.1, 0.15) is 50.2 Å². The Morgan fingerprint density at radius 3 is 2.31 bits per heavy atom. The summed E-state index contributed by atoms with van der Waals surface area (Å²) in [5.74, 6) is 0.406. The average Bonchev–Trinajstić information content (AvgIpc) is 3.07. The van der Waals surface area contributed by atoms with Crippen LogP contribution in [0.5, 0.6) is 5.75 Å². The van der Waals surface area contributed by atoms with Gasteiger partial charge in [-0.3, -0.25) is 20.4 Å². The third-order valence-corrected chi connectivity index (χ3v) is 4.57. The molecule has 0 atom stereocenters. The predicted octanol–water partition coefficient (Wildman–Crippen LogP) is 3.51. The van der Waals surface area contributed by atoms with Crippen LogP contribution in [0.25, 0.3) is 0 Å². The van der Waals surface area contributed by atoms with Gasteiger partial charge in [-0.15, -0.1) is 0 Å². The zero-order valence-corrected chi connectivity index (χ0v) is 16.6. The molecule has 2 N–H and O–H groups in total. The highest BCUT2D eigenvalue weighted by atomic mass is 16.5. The van der Waals surface area contributed by atoms with Gasteiger partial charge < -0.3 is 9.26 Å². The van der Waals surface area contributed by atoms with Crippen LogP contribution in [-0.4, -0.2) is 17.0 Å². The molecule has 0 unspecified atom stereocenters. The molecule has 2 aromatic carbocycles. The van der Waals surface area contributed by atoms with E-state index < -0.39 is 5.91 Å². The Kier molecular flexibility index (Phi) is 6.29. The SMILES string of the molecule is CCc1ccc(C(=O)NNC(=O)c2cccc(OCc3c(C)noc3C)c2)cc1. The van der Waals surface area contributed by atoms with Crippen molar-refractivity contribution in [2.45, 2.75) is 33.8 Å². The highest BCUT2D eigenvalue weighted by Crippen LogP contribution is 2.18. The van der Waals surface area contributed by atoms with Crippen LogP contribution in [0, 0.1) is 13.8 Å². The summed E-state index contributed by atoms with van der Waals surface area (Å²) in [6.07, 6.45) is 0.896. The topological polar surface area (TPSA) is 93.5 Å². The van der Waals surface area contributed by atoms with Crippen LogP contribution in [0.4, 0.5) is 0 Å². The van der Waals surface area contributed by atoms with E-state index in [-0.39, 0.29) is 12.5 Å². The van der Waals surface area contributed by atoms with Gasteiger partial charge in [0.1, 0.15) is 18.1 Å². The number of benzene rings is 2. The monoisotopic (exact) mass is 393 g/mol. The Morgan fingerprint density at radius 2 is 1.69 bits per heavy atom. The standard InChI is InChI=1S/C22H23N3O4/c1-4-16-8-10-17(11-9-16)21(26)23-24-22(27)18-6-5-7-19(12-18)28-13-20-14(2)25-29-15(20)3/h5-12H,4,13H2,1-3H3,(H,23,26)(H,24,27). The van der Waals surface area contributed by atoms with E-state index in [1.807, 2.05) is 32.9 Å². The van der Waals surface area contributed by atoms with Crippen molar-refractivity contribution in [2.75, 3.05) is 0 Å². The zero-order valence-electron chi connectivity index (χ0n) is 16.6. The van der Waals surface area contributed by atoms with E-state index in [0.717, 1.165) is 23.2 Å². The maximum Gasteiger partial charge on any atom is 0.269 e. The van der Waals surface area contributed by atoms with E-state index in [4.69, 9.17) is 9.26 Å². The summed E-state index contributed by atoms with van der Waals surface area (Å²) in [4.78, 5) is 24.5. The summed E-state index contributed by atoms with van der Waals surface area (Å²) in [5, 5.41) is 3.89. The first-order chi connectivity index (χ1) is 14.0. The summed E-state index contributed by atoms with van der Waals surface area (Å²) in [5.41, 5.74) is 8.46. The largest absolute Gasteiger partial charge is 0.489 e. The van der Waals surface area contributed by atoms with Gasteiger partial charge in [0.2, 0.25) is 0 Å². The quantitative estimate of drug-likeness (QED) is 0.625. The molecule has 0 spiro atoms. The van der Waals surface area contributed by atoms with Crippen molar-refractivity contribution >= 4 is 11.8 Å². The lowest BCUT2D eigenvalue weighted by atomic mass is 10.1. The number of hydrogen-bond donors (Lipinski definition) is 2. The number of rotatable bonds is 6. The minimum Gasteiger partial charge on any atom is -0.489 e. The van der Waals surface area contributed by atoms with Gasteiger partial charge in [0.05, 0.1) is 11.3 Å². The van der Waals surface area contributed by atoms with E-state index >= 15 is 0 Å². The number of carbonyl (C=O) groups excluding carboxylic acids is 2. The first kappa shape index (κ1) is 20.1. The third kappa shape index (κ3) is 5.01. The highest BCUT2D eigenvalue weighted by molar-refractivity contribution is 5.99. The van der Waals surface area contributed by atoms with Gasteiger partial charge in [-0.2, -0.15) is 0 Å². The number of amides is 2. The zero-order chi connectivity index (χ0) is 20.8. The molecule has 0 saturated heterocycles. The molecule has 1 heterocycles. The number of carbonyl (C=O) groups is 2. The van der Waals surface area contributed by atoms with Gasteiger partial charge in [-0.05, 0) is 56.2 Å². The second-order valence-electron chi connectivity index (χ2n) is 6.58. The fourth-order valence-corrected chi connectivity index (χ4v) is 2.74. The molecule has 0 fully saturated rings. The number of hydrogen-bond acceptors (Lipinski definition) is 5. The number of aryl methyl sites for hydroxylation is 3. The summed E-state index contributed by atoms with van der Waals surface area (Å²) >= 11 is 0. The molecular formula is C22H23N3O4. The normalized spacial score (nSPS) is 10.4. The maximum atomic E-state index is 12.4. The second kappa shape index (κ2) is 9.05. The molecule has 29 heavy (non-hydrogen) atoms. The van der Waals surface area contributed by atoms with Crippen molar-refractivity contribution in [1.82, 2.24) is 16.0 Å².